The van der Waals surface area contributed by atoms with E-state index in [1.54, 1.807) is 5.57 Å². The first-order chi connectivity index (χ1) is 16.5. The molecule has 3 nitrogen and oxygen atoms in total. The standard InChI is InChI=1S/C31H38N2O/c1-4-22(24-9-8-23-14-17-32-21-25(23)18-24)10-11-26-6-5-7-28-19-27-12-13-29(33(2)3)20-30(27)15-16-31(26,28)34-30/h7-10,14,17-19,21,26,29H,4-6,11-13,15-16,20H2,1-3H3/b22-10+/t26-,29?,30+,31-/m0/s1. The minimum absolute atomic E-state index is 0.0111. The molecule has 34 heavy (non-hydrogen) atoms. The molecule has 2 aromatic rings. The Morgan fingerprint density at radius 1 is 1.18 bits per heavy atom. The van der Waals surface area contributed by atoms with Crippen molar-refractivity contribution < 1.29 is 4.74 Å². The molecule has 1 saturated carbocycles. The fraction of sp³-hybridized carbons (Fsp3) is 0.516. The highest BCUT2D eigenvalue weighted by molar-refractivity contribution is 5.85. The molecule has 1 aromatic carbocycles. The third-order valence-corrected chi connectivity index (χ3v) is 9.30. The van der Waals surface area contributed by atoms with Crippen molar-refractivity contribution in [2.24, 2.45) is 5.92 Å². The van der Waals surface area contributed by atoms with Gasteiger partial charge in [0, 0.05) is 23.8 Å². The van der Waals surface area contributed by atoms with Crippen molar-refractivity contribution >= 4 is 16.3 Å². The van der Waals surface area contributed by atoms with Gasteiger partial charge in [-0.2, -0.15) is 0 Å². The van der Waals surface area contributed by atoms with Crippen LogP contribution >= 0.6 is 0 Å². The molecule has 0 N–H and O–H groups in total. The van der Waals surface area contributed by atoms with Gasteiger partial charge in [0.15, 0.2) is 0 Å². The molecule has 3 heterocycles. The maximum Gasteiger partial charge on any atom is 0.0972 e. The largest absolute Gasteiger partial charge is 0.359 e. The normalized spacial score (nSPS) is 32.9. The smallest absolute Gasteiger partial charge is 0.0972 e. The molecule has 3 heteroatoms. The summed E-state index contributed by atoms with van der Waals surface area (Å²) in [6.07, 6.45) is 22.0. The van der Waals surface area contributed by atoms with Gasteiger partial charge in [0.2, 0.25) is 0 Å². The van der Waals surface area contributed by atoms with Crippen LogP contribution in [0.25, 0.3) is 16.3 Å². The lowest BCUT2D eigenvalue weighted by molar-refractivity contribution is -0.120. The Morgan fingerprint density at radius 3 is 2.94 bits per heavy atom. The predicted octanol–water partition coefficient (Wildman–Crippen LogP) is 7.10. The summed E-state index contributed by atoms with van der Waals surface area (Å²) in [6, 6.07) is 9.55. The molecule has 4 aliphatic rings. The Labute approximate surface area is 204 Å². The SMILES string of the molecule is CC/C(=C\C[C@@H]1CCC=C2C=C3CCC(N(C)C)C[C@]34CC[C@@]21O4)c1ccc2ccncc2c1. The number of allylic oxidation sites excluding steroid dienone is 3. The van der Waals surface area contributed by atoms with Crippen LogP contribution in [0.4, 0.5) is 0 Å². The molecule has 4 atom stereocenters. The number of nitrogens with zero attached hydrogens (tertiary/aromatic N) is 2. The number of hydrogen-bond donors (Lipinski definition) is 0. The van der Waals surface area contributed by atoms with E-state index < -0.39 is 0 Å². The van der Waals surface area contributed by atoms with E-state index in [0.29, 0.717) is 12.0 Å². The van der Waals surface area contributed by atoms with Crippen LogP contribution in [0.1, 0.15) is 70.3 Å². The zero-order chi connectivity index (χ0) is 23.3. The molecule has 1 aromatic heterocycles. The van der Waals surface area contributed by atoms with Gasteiger partial charge in [-0.1, -0.05) is 37.3 Å². The van der Waals surface area contributed by atoms with Gasteiger partial charge in [0.25, 0.3) is 0 Å². The Morgan fingerprint density at radius 2 is 2.09 bits per heavy atom. The highest BCUT2D eigenvalue weighted by atomic mass is 16.5. The third-order valence-electron chi connectivity index (χ3n) is 9.30. The molecule has 2 bridgehead atoms. The molecule has 1 saturated heterocycles. The van der Waals surface area contributed by atoms with Crippen LogP contribution in [0.3, 0.4) is 0 Å². The molecule has 2 aliphatic heterocycles. The second-order valence-corrected chi connectivity index (χ2v) is 11.2. The van der Waals surface area contributed by atoms with E-state index in [0.717, 1.165) is 19.3 Å². The number of pyridine rings is 1. The number of aromatic nitrogens is 1. The van der Waals surface area contributed by atoms with Crippen LogP contribution in [0.2, 0.25) is 0 Å². The van der Waals surface area contributed by atoms with Gasteiger partial charge in [0.1, 0.15) is 0 Å². The highest BCUT2D eigenvalue weighted by Gasteiger charge is 2.60. The van der Waals surface area contributed by atoms with Crippen LogP contribution in [0, 0.1) is 5.92 Å². The van der Waals surface area contributed by atoms with Crippen molar-refractivity contribution in [1.82, 2.24) is 9.88 Å². The summed E-state index contributed by atoms with van der Waals surface area (Å²) < 4.78 is 7.30. The van der Waals surface area contributed by atoms with Gasteiger partial charge in [-0.3, -0.25) is 4.98 Å². The molecule has 6 rings (SSSR count). The van der Waals surface area contributed by atoms with Crippen LogP contribution in [-0.2, 0) is 4.74 Å². The van der Waals surface area contributed by atoms with Gasteiger partial charge in [-0.05, 0) is 118 Å². The summed E-state index contributed by atoms with van der Waals surface area (Å²) in [6.45, 7) is 2.28. The van der Waals surface area contributed by atoms with Crippen molar-refractivity contribution in [2.45, 2.75) is 82.0 Å². The molecule has 0 amide bonds. The van der Waals surface area contributed by atoms with Gasteiger partial charge >= 0.3 is 0 Å². The Hall–Kier alpha value is -2.23. The lowest BCUT2D eigenvalue weighted by Gasteiger charge is -2.51. The first-order valence-corrected chi connectivity index (χ1v) is 13.3. The molecule has 2 fully saturated rings. The molecule has 0 radical (unpaired) electrons. The van der Waals surface area contributed by atoms with E-state index in [2.05, 4.69) is 73.4 Å². The Balaban J connectivity index is 1.29. The van der Waals surface area contributed by atoms with E-state index >= 15 is 0 Å². The zero-order valence-electron chi connectivity index (χ0n) is 21.0. The number of rotatable bonds is 5. The maximum absolute atomic E-state index is 7.30. The fourth-order valence-electron chi connectivity index (χ4n) is 7.30. The number of benzene rings is 1. The average molecular weight is 455 g/mol. The van der Waals surface area contributed by atoms with E-state index in [4.69, 9.17) is 4.74 Å². The monoisotopic (exact) mass is 454 g/mol. The summed E-state index contributed by atoms with van der Waals surface area (Å²) >= 11 is 0. The van der Waals surface area contributed by atoms with E-state index in [-0.39, 0.29) is 11.2 Å². The van der Waals surface area contributed by atoms with Crippen molar-refractivity contribution in [2.75, 3.05) is 14.1 Å². The Bertz CT molecular complexity index is 1190. The van der Waals surface area contributed by atoms with Gasteiger partial charge in [0.05, 0.1) is 11.2 Å². The van der Waals surface area contributed by atoms with Crippen molar-refractivity contribution in [1.29, 1.82) is 0 Å². The van der Waals surface area contributed by atoms with Crippen LogP contribution in [-0.4, -0.2) is 41.2 Å². The van der Waals surface area contributed by atoms with Crippen molar-refractivity contribution in [3.63, 3.8) is 0 Å². The zero-order valence-corrected chi connectivity index (χ0v) is 21.0. The van der Waals surface area contributed by atoms with E-state index in [1.807, 2.05) is 12.4 Å². The van der Waals surface area contributed by atoms with Gasteiger partial charge in [-0.15, -0.1) is 0 Å². The fourth-order valence-corrected chi connectivity index (χ4v) is 7.30. The lowest BCUT2D eigenvalue weighted by Crippen LogP contribution is -2.51. The molecule has 2 aliphatic carbocycles. The number of ether oxygens (including phenoxy) is 1. The molecule has 178 valence electrons. The lowest BCUT2D eigenvalue weighted by atomic mass is 9.70. The topological polar surface area (TPSA) is 25.4 Å². The van der Waals surface area contributed by atoms with Gasteiger partial charge in [-0.25, -0.2) is 0 Å². The summed E-state index contributed by atoms with van der Waals surface area (Å²) in [5.41, 5.74) is 5.78. The van der Waals surface area contributed by atoms with Crippen molar-refractivity contribution in [3.05, 3.63) is 71.6 Å². The second-order valence-electron chi connectivity index (χ2n) is 11.2. The number of fused-ring (bicyclic) bond motifs is 1. The Kier molecular flexibility index (Phi) is 5.54. The summed E-state index contributed by atoms with van der Waals surface area (Å²) in [4.78, 5) is 6.74. The van der Waals surface area contributed by atoms with Crippen LogP contribution in [0.15, 0.2) is 66.0 Å². The summed E-state index contributed by atoms with van der Waals surface area (Å²) in [5.74, 6) is 0.563. The minimum atomic E-state index is -0.0708. The maximum atomic E-state index is 7.30. The summed E-state index contributed by atoms with van der Waals surface area (Å²) in [5, 5.41) is 2.48. The quantitative estimate of drug-likeness (QED) is 0.482. The number of hydrogen-bond acceptors (Lipinski definition) is 3. The van der Waals surface area contributed by atoms with Gasteiger partial charge < -0.3 is 9.64 Å². The molecular weight excluding hydrogens is 416 g/mol. The van der Waals surface area contributed by atoms with E-state index in [1.165, 1.54) is 66.0 Å². The minimum Gasteiger partial charge on any atom is -0.359 e. The van der Waals surface area contributed by atoms with Crippen LogP contribution < -0.4 is 0 Å². The molecular formula is C31H38N2O. The highest BCUT2D eigenvalue weighted by Crippen LogP contribution is 2.60. The molecule has 2 spiro atoms. The second kappa shape index (κ2) is 8.46. The first kappa shape index (κ1) is 22.2. The third kappa shape index (κ3) is 3.51. The summed E-state index contributed by atoms with van der Waals surface area (Å²) in [7, 11) is 4.47. The van der Waals surface area contributed by atoms with E-state index in [9.17, 15) is 0 Å². The van der Waals surface area contributed by atoms with Crippen molar-refractivity contribution in [3.8, 4) is 0 Å². The first-order valence-electron chi connectivity index (χ1n) is 13.3. The average Bonchev–Trinajstić information content (AvgIpc) is 3.16. The van der Waals surface area contributed by atoms with Crippen LogP contribution in [0.5, 0.6) is 0 Å². The molecule has 1 unspecified atom stereocenters. The predicted molar refractivity (Wildman–Crippen MR) is 141 cm³/mol.